The molecule has 0 saturated heterocycles. The zero-order chi connectivity index (χ0) is 13.7. The number of hydrogen-bond donors (Lipinski definition) is 1. The lowest BCUT2D eigenvalue weighted by molar-refractivity contribution is 0.0785. The van der Waals surface area contributed by atoms with Crippen molar-refractivity contribution in [1.29, 1.82) is 0 Å². The molecule has 2 N–H and O–H groups in total. The Hall–Kier alpha value is -1.75. The molecule has 0 bridgehead atoms. The summed E-state index contributed by atoms with van der Waals surface area (Å²) in [6.07, 6.45) is 0. The number of amides is 1. The lowest BCUT2D eigenvalue weighted by Crippen LogP contribution is -2.37. The van der Waals surface area contributed by atoms with E-state index in [4.69, 9.17) is 15.2 Å². The van der Waals surface area contributed by atoms with Crippen molar-refractivity contribution in [2.45, 2.75) is 13.0 Å². The van der Waals surface area contributed by atoms with Crippen LogP contribution in [0.3, 0.4) is 0 Å². The Morgan fingerprint density at radius 3 is 2.56 bits per heavy atom. The fourth-order valence-electron chi connectivity index (χ4n) is 1.70. The number of rotatable bonds is 5. The Bertz CT molecular complexity index is 419. The van der Waals surface area contributed by atoms with E-state index in [1.165, 1.54) is 7.11 Å². The molecular weight excluding hydrogens is 232 g/mol. The van der Waals surface area contributed by atoms with E-state index in [-0.39, 0.29) is 11.9 Å². The van der Waals surface area contributed by atoms with Gasteiger partial charge < -0.3 is 20.1 Å². The van der Waals surface area contributed by atoms with Crippen molar-refractivity contribution < 1.29 is 14.3 Å². The summed E-state index contributed by atoms with van der Waals surface area (Å²) in [5.74, 6) is 1.03. The largest absolute Gasteiger partial charge is 0.497 e. The van der Waals surface area contributed by atoms with Crippen LogP contribution in [0.25, 0.3) is 0 Å². The molecule has 0 fully saturated rings. The van der Waals surface area contributed by atoms with Crippen molar-refractivity contribution in [1.82, 2.24) is 4.90 Å². The quantitative estimate of drug-likeness (QED) is 0.853. The monoisotopic (exact) mass is 252 g/mol. The number of nitrogens with two attached hydrogens (primary N) is 1. The number of benzene rings is 1. The average Bonchev–Trinajstić information content (AvgIpc) is 2.36. The Morgan fingerprint density at radius 1 is 1.39 bits per heavy atom. The first-order valence-electron chi connectivity index (χ1n) is 5.72. The third-order valence-electron chi connectivity index (χ3n) is 2.55. The number of carbonyl (C=O) groups is 1. The summed E-state index contributed by atoms with van der Waals surface area (Å²) in [5, 5.41) is 0. The van der Waals surface area contributed by atoms with Gasteiger partial charge in [-0.2, -0.15) is 0 Å². The van der Waals surface area contributed by atoms with E-state index < -0.39 is 0 Å². The second kappa shape index (κ2) is 6.26. The summed E-state index contributed by atoms with van der Waals surface area (Å²) in [5.41, 5.74) is 6.18. The molecule has 18 heavy (non-hydrogen) atoms. The smallest absolute Gasteiger partial charge is 0.257 e. The summed E-state index contributed by atoms with van der Waals surface area (Å²) in [7, 11) is 4.81. The van der Waals surface area contributed by atoms with E-state index >= 15 is 0 Å². The molecule has 5 heteroatoms. The SMILES string of the molecule is COc1ccc(C(=O)N(C)CC(C)N)c(OC)c1. The fourth-order valence-corrected chi connectivity index (χ4v) is 1.70. The summed E-state index contributed by atoms with van der Waals surface area (Å²) in [6.45, 7) is 2.35. The predicted molar refractivity (Wildman–Crippen MR) is 70.2 cm³/mol. The van der Waals surface area contributed by atoms with Crippen LogP contribution in [0.15, 0.2) is 18.2 Å². The number of carbonyl (C=O) groups excluding carboxylic acids is 1. The van der Waals surface area contributed by atoms with Crippen LogP contribution in [0.1, 0.15) is 17.3 Å². The van der Waals surface area contributed by atoms with E-state index in [2.05, 4.69) is 0 Å². The second-order valence-corrected chi connectivity index (χ2v) is 4.23. The molecular formula is C13H20N2O3. The summed E-state index contributed by atoms with van der Waals surface area (Å²) in [6, 6.07) is 5.04. The van der Waals surface area contributed by atoms with Crippen molar-refractivity contribution >= 4 is 5.91 Å². The molecule has 1 unspecified atom stereocenters. The third kappa shape index (κ3) is 3.37. The first-order chi connectivity index (χ1) is 8.49. The zero-order valence-corrected chi connectivity index (χ0v) is 11.3. The highest BCUT2D eigenvalue weighted by atomic mass is 16.5. The van der Waals surface area contributed by atoms with E-state index in [1.54, 1.807) is 37.3 Å². The maximum Gasteiger partial charge on any atom is 0.257 e. The molecule has 0 aliphatic rings. The number of likely N-dealkylation sites (N-methyl/N-ethyl adjacent to an activating group) is 1. The van der Waals surface area contributed by atoms with Crippen LogP contribution in [0, 0.1) is 0 Å². The van der Waals surface area contributed by atoms with Gasteiger partial charge in [0, 0.05) is 25.7 Å². The lowest BCUT2D eigenvalue weighted by atomic mass is 10.1. The number of ether oxygens (including phenoxy) is 2. The molecule has 100 valence electrons. The summed E-state index contributed by atoms with van der Waals surface area (Å²) in [4.78, 5) is 13.8. The molecule has 5 nitrogen and oxygen atoms in total. The van der Waals surface area contributed by atoms with Gasteiger partial charge in [0.05, 0.1) is 19.8 Å². The van der Waals surface area contributed by atoms with Crippen LogP contribution in [-0.4, -0.2) is 44.7 Å². The maximum atomic E-state index is 12.2. The Morgan fingerprint density at radius 2 is 2.06 bits per heavy atom. The zero-order valence-electron chi connectivity index (χ0n) is 11.3. The molecule has 0 aliphatic heterocycles. The summed E-state index contributed by atoms with van der Waals surface area (Å²) < 4.78 is 10.3. The van der Waals surface area contributed by atoms with Gasteiger partial charge in [0.15, 0.2) is 0 Å². The molecule has 0 saturated carbocycles. The van der Waals surface area contributed by atoms with Crippen molar-refractivity contribution in [2.75, 3.05) is 27.8 Å². The average molecular weight is 252 g/mol. The van der Waals surface area contributed by atoms with Gasteiger partial charge in [-0.25, -0.2) is 0 Å². The highest BCUT2D eigenvalue weighted by Crippen LogP contribution is 2.25. The predicted octanol–water partition coefficient (Wildman–Crippen LogP) is 1.12. The molecule has 1 aromatic rings. The van der Waals surface area contributed by atoms with Gasteiger partial charge in [0.2, 0.25) is 0 Å². The Labute approximate surface area is 107 Å². The molecule has 0 aromatic heterocycles. The van der Waals surface area contributed by atoms with Gasteiger partial charge in [-0.3, -0.25) is 4.79 Å². The van der Waals surface area contributed by atoms with Crippen molar-refractivity contribution in [3.05, 3.63) is 23.8 Å². The van der Waals surface area contributed by atoms with Gasteiger partial charge in [-0.15, -0.1) is 0 Å². The third-order valence-corrected chi connectivity index (χ3v) is 2.55. The van der Waals surface area contributed by atoms with Crippen molar-refractivity contribution in [2.24, 2.45) is 5.73 Å². The van der Waals surface area contributed by atoms with Crippen LogP contribution in [-0.2, 0) is 0 Å². The summed E-state index contributed by atoms with van der Waals surface area (Å²) >= 11 is 0. The molecule has 0 heterocycles. The topological polar surface area (TPSA) is 64.8 Å². The highest BCUT2D eigenvalue weighted by molar-refractivity contribution is 5.97. The van der Waals surface area contributed by atoms with Crippen LogP contribution in [0.2, 0.25) is 0 Å². The van der Waals surface area contributed by atoms with Gasteiger partial charge in [0.1, 0.15) is 11.5 Å². The Balaban J connectivity index is 2.98. The molecule has 0 aliphatic carbocycles. The molecule has 1 rings (SSSR count). The molecule has 1 amide bonds. The maximum absolute atomic E-state index is 12.2. The first-order valence-corrected chi connectivity index (χ1v) is 5.72. The van der Waals surface area contributed by atoms with Crippen LogP contribution in [0.4, 0.5) is 0 Å². The minimum absolute atomic E-state index is 0.0665. The van der Waals surface area contributed by atoms with Crippen molar-refractivity contribution in [3.8, 4) is 11.5 Å². The molecule has 0 radical (unpaired) electrons. The van der Waals surface area contributed by atoms with Gasteiger partial charge >= 0.3 is 0 Å². The molecule has 0 spiro atoms. The van der Waals surface area contributed by atoms with Gasteiger partial charge in [0.25, 0.3) is 5.91 Å². The number of hydrogen-bond acceptors (Lipinski definition) is 4. The van der Waals surface area contributed by atoms with E-state index in [9.17, 15) is 4.79 Å². The number of nitrogens with zero attached hydrogens (tertiary/aromatic N) is 1. The minimum Gasteiger partial charge on any atom is -0.497 e. The second-order valence-electron chi connectivity index (χ2n) is 4.23. The number of methoxy groups -OCH3 is 2. The first kappa shape index (κ1) is 14.3. The van der Waals surface area contributed by atoms with Crippen LogP contribution >= 0.6 is 0 Å². The minimum atomic E-state index is -0.119. The molecule has 1 aromatic carbocycles. The van der Waals surface area contributed by atoms with E-state index in [0.717, 1.165) is 0 Å². The lowest BCUT2D eigenvalue weighted by Gasteiger charge is -2.20. The van der Waals surface area contributed by atoms with E-state index in [1.807, 2.05) is 6.92 Å². The highest BCUT2D eigenvalue weighted by Gasteiger charge is 2.17. The standard InChI is InChI=1S/C13H20N2O3/c1-9(14)8-15(2)13(16)11-6-5-10(17-3)7-12(11)18-4/h5-7,9H,8,14H2,1-4H3. The van der Waals surface area contributed by atoms with Crippen molar-refractivity contribution in [3.63, 3.8) is 0 Å². The Kier molecular flexibility index (Phi) is 4.97. The normalized spacial score (nSPS) is 11.8. The fraction of sp³-hybridized carbons (Fsp3) is 0.462. The van der Waals surface area contributed by atoms with Gasteiger partial charge in [-0.05, 0) is 19.1 Å². The van der Waals surface area contributed by atoms with E-state index in [0.29, 0.717) is 23.6 Å². The van der Waals surface area contributed by atoms with Crippen LogP contribution < -0.4 is 15.2 Å². The van der Waals surface area contributed by atoms with Gasteiger partial charge in [-0.1, -0.05) is 0 Å². The van der Waals surface area contributed by atoms with Crippen LogP contribution in [0.5, 0.6) is 11.5 Å². The molecule has 1 atom stereocenters.